The van der Waals surface area contributed by atoms with Crippen molar-refractivity contribution in [1.82, 2.24) is 4.98 Å². The summed E-state index contributed by atoms with van der Waals surface area (Å²) in [7, 11) is 0. The summed E-state index contributed by atoms with van der Waals surface area (Å²) in [5, 5.41) is 2.14. The highest BCUT2D eigenvalue weighted by atomic mass is 35.5. The number of hydrogen-bond donors (Lipinski definition) is 0. The number of pyridine rings is 1. The zero-order valence-corrected chi connectivity index (χ0v) is 13.4. The molecule has 5 heteroatoms. The molecule has 0 spiro atoms. The smallest absolute Gasteiger partial charge is 0.121 e. The second-order valence-corrected chi connectivity index (χ2v) is 5.53. The molecule has 1 aromatic heterocycles. The molecule has 0 radical (unpaired) electrons. The van der Waals surface area contributed by atoms with Gasteiger partial charge in [-0.15, -0.1) is 23.2 Å². The highest BCUT2D eigenvalue weighted by Crippen LogP contribution is 2.26. The Morgan fingerprint density at radius 2 is 1.23 bits per heavy atom. The van der Waals surface area contributed by atoms with E-state index in [1.54, 1.807) is 0 Å². The molecule has 0 saturated heterocycles. The molecule has 0 amide bonds. The van der Waals surface area contributed by atoms with Gasteiger partial charge in [0.1, 0.15) is 24.7 Å². The maximum Gasteiger partial charge on any atom is 0.121 e. The molecule has 114 valence electrons. The summed E-state index contributed by atoms with van der Waals surface area (Å²) in [6.45, 7) is 0.966. The van der Waals surface area contributed by atoms with Gasteiger partial charge in [-0.1, -0.05) is 0 Å². The summed E-state index contributed by atoms with van der Waals surface area (Å²) >= 11 is 11.3. The van der Waals surface area contributed by atoms with Gasteiger partial charge < -0.3 is 9.47 Å². The lowest BCUT2D eigenvalue weighted by atomic mass is 10.1. The van der Waals surface area contributed by atoms with Crippen LogP contribution in [0.1, 0.15) is 0 Å². The molecule has 0 N–H and O–H groups in total. The van der Waals surface area contributed by atoms with Crippen LogP contribution in [0.25, 0.3) is 21.8 Å². The normalized spacial score (nSPS) is 11.0. The summed E-state index contributed by atoms with van der Waals surface area (Å²) < 4.78 is 11.1. The Morgan fingerprint density at radius 3 is 1.68 bits per heavy atom. The molecule has 2 aromatic carbocycles. The first-order chi connectivity index (χ1) is 10.8. The number of aromatic nitrogens is 1. The molecule has 0 atom stereocenters. The first kappa shape index (κ1) is 15.2. The first-order valence-electron chi connectivity index (χ1n) is 7.02. The van der Waals surface area contributed by atoms with Gasteiger partial charge in [0.25, 0.3) is 0 Å². The molecule has 0 aliphatic carbocycles. The van der Waals surface area contributed by atoms with Gasteiger partial charge in [-0.05, 0) is 30.3 Å². The number of rotatable bonds is 6. The van der Waals surface area contributed by atoms with Crippen LogP contribution in [-0.2, 0) is 0 Å². The van der Waals surface area contributed by atoms with Crippen molar-refractivity contribution >= 4 is 45.0 Å². The predicted molar refractivity (Wildman–Crippen MR) is 91.7 cm³/mol. The lowest BCUT2D eigenvalue weighted by molar-refractivity contribution is 0.343. The molecule has 3 rings (SSSR count). The van der Waals surface area contributed by atoms with Crippen molar-refractivity contribution in [2.45, 2.75) is 0 Å². The van der Waals surface area contributed by atoms with E-state index in [9.17, 15) is 0 Å². The first-order valence-corrected chi connectivity index (χ1v) is 8.09. The summed E-state index contributed by atoms with van der Waals surface area (Å²) in [5.74, 6) is 2.47. The van der Waals surface area contributed by atoms with Crippen molar-refractivity contribution < 1.29 is 9.47 Å². The van der Waals surface area contributed by atoms with Crippen LogP contribution in [0.5, 0.6) is 11.5 Å². The van der Waals surface area contributed by atoms with E-state index in [1.807, 2.05) is 36.4 Å². The standard InChI is InChI=1S/C17H15Cl2NO2/c18-5-7-21-14-3-1-12-9-13-2-4-15(22-8-6-19)11-17(13)20-16(12)10-14/h1-4,9-11H,5-8H2. The second kappa shape index (κ2) is 7.03. The molecule has 1 heterocycles. The summed E-state index contributed by atoms with van der Waals surface area (Å²) in [6, 6.07) is 13.8. The molecule has 3 aromatic rings. The largest absolute Gasteiger partial charge is 0.492 e. The summed E-state index contributed by atoms with van der Waals surface area (Å²) in [5.41, 5.74) is 1.77. The van der Waals surface area contributed by atoms with E-state index < -0.39 is 0 Å². The third-order valence-corrected chi connectivity index (χ3v) is 3.56. The Labute approximate surface area is 138 Å². The van der Waals surface area contributed by atoms with E-state index in [2.05, 4.69) is 11.1 Å². The van der Waals surface area contributed by atoms with Gasteiger partial charge in [0.2, 0.25) is 0 Å². The van der Waals surface area contributed by atoms with Gasteiger partial charge in [-0.3, -0.25) is 0 Å². The quantitative estimate of drug-likeness (QED) is 0.486. The number of ether oxygens (including phenoxy) is 2. The number of nitrogens with zero attached hydrogens (tertiary/aromatic N) is 1. The molecule has 0 aliphatic rings. The van der Waals surface area contributed by atoms with Gasteiger partial charge >= 0.3 is 0 Å². The van der Waals surface area contributed by atoms with Crippen LogP contribution in [0.4, 0.5) is 0 Å². The van der Waals surface area contributed by atoms with E-state index in [1.165, 1.54) is 0 Å². The topological polar surface area (TPSA) is 31.4 Å². The molecule has 0 fully saturated rings. The van der Waals surface area contributed by atoms with E-state index in [0.717, 1.165) is 33.3 Å². The molecular weight excluding hydrogens is 321 g/mol. The van der Waals surface area contributed by atoms with Crippen LogP contribution in [0.15, 0.2) is 42.5 Å². The fraction of sp³-hybridized carbons (Fsp3) is 0.235. The average Bonchev–Trinajstić information content (AvgIpc) is 2.56. The number of benzene rings is 2. The Morgan fingerprint density at radius 1 is 0.727 bits per heavy atom. The third kappa shape index (κ3) is 3.37. The molecule has 0 unspecified atom stereocenters. The Bertz CT molecular complexity index is 729. The van der Waals surface area contributed by atoms with Crippen molar-refractivity contribution in [3.05, 3.63) is 42.5 Å². The zero-order chi connectivity index (χ0) is 15.4. The van der Waals surface area contributed by atoms with E-state index >= 15 is 0 Å². The van der Waals surface area contributed by atoms with Crippen molar-refractivity contribution in [1.29, 1.82) is 0 Å². The fourth-order valence-corrected chi connectivity index (χ4v) is 2.43. The maximum absolute atomic E-state index is 5.64. The number of fused-ring (bicyclic) bond motifs is 2. The highest BCUT2D eigenvalue weighted by molar-refractivity contribution is 6.18. The zero-order valence-electron chi connectivity index (χ0n) is 11.9. The van der Waals surface area contributed by atoms with Gasteiger partial charge in [0, 0.05) is 22.9 Å². The molecule has 22 heavy (non-hydrogen) atoms. The summed E-state index contributed by atoms with van der Waals surface area (Å²) in [6.07, 6.45) is 0. The second-order valence-electron chi connectivity index (χ2n) is 4.77. The van der Waals surface area contributed by atoms with E-state index in [-0.39, 0.29) is 0 Å². The molecular formula is C17H15Cl2NO2. The van der Waals surface area contributed by atoms with E-state index in [4.69, 9.17) is 32.7 Å². The van der Waals surface area contributed by atoms with Gasteiger partial charge in [-0.2, -0.15) is 0 Å². The van der Waals surface area contributed by atoms with Crippen LogP contribution in [0.3, 0.4) is 0 Å². The lowest BCUT2D eigenvalue weighted by Crippen LogP contribution is -1.98. The van der Waals surface area contributed by atoms with Gasteiger partial charge in [0.15, 0.2) is 0 Å². The van der Waals surface area contributed by atoms with Crippen LogP contribution in [0, 0.1) is 0 Å². The van der Waals surface area contributed by atoms with Gasteiger partial charge in [0.05, 0.1) is 22.8 Å². The minimum Gasteiger partial charge on any atom is -0.492 e. The maximum atomic E-state index is 5.64. The van der Waals surface area contributed by atoms with Crippen LogP contribution in [-0.4, -0.2) is 30.0 Å². The SMILES string of the molecule is ClCCOc1ccc2cc3ccc(OCCCl)cc3nc2c1. The van der Waals surface area contributed by atoms with E-state index in [0.29, 0.717) is 25.0 Å². The monoisotopic (exact) mass is 335 g/mol. The molecule has 0 saturated carbocycles. The number of hydrogen-bond acceptors (Lipinski definition) is 3. The van der Waals surface area contributed by atoms with Crippen LogP contribution in [0.2, 0.25) is 0 Å². The van der Waals surface area contributed by atoms with Crippen molar-refractivity contribution in [3.8, 4) is 11.5 Å². The number of alkyl halides is 2. The predicted octanol–water partition coefficient (Wildman–Crippen LogP) is 4.62. The molecule has 0 bridgehead atoms. The molecule has 3 nitrogen and oxygen atoms in total. The lowest BCUT2D eigenvalue weighted by Gasteiger charge is -2.08. The van der Waals surface area contributed by atoms with Gasteiger partial charge in [-0.25, -0.2) is 4.98 Å². The van der Waals surface area contributed by atoms with Crippen molar-refractivity contribution in [2.24, 2.45) is 0 Å². The summed E-state index contributed by atoms with van der Waals surface area (Å²) in [4.78, 5) is 4.69. The third-order valence-electron chi connectivity index (χ3n) is 3.25. The van der Waals surface area contributed by atoms with Crippen molar-refractivity contribution in [3.63, 3.8) is 0 Å². The van der Waals surface area contributed by atoms with Crippen LogP contribution >= 0.6 is 23.2 Å². The van der Waals surface area contributed by atoms with Crippen molar-refractivity contribution in [2.75, 3.05) is 25.0 Å². The van der Waals surface area contributed by atoms with Crippen LogP contribution < -0.4 is 9.47 Å². The minimum absolute atomic E-state index is 0.463. The Kier molecular flexibility index (Phi) is 4.86. The minimum atomic E-state index is 0.463. The highest BCUT2D eigenvalue weighted by Gasteiger charge is 2.04. The molecule has 0 aliphatic heterocycles. The number of halogens is 2. The Balaban J connectivity index is 1.99. The average molecular weight is 336 g/mol. The Hall–Kier alpha value is -1.71. The fourth-order valence-electron chi connectivity index (χ4n) is 2.27.